The third-order valence-electron chi connectivity index (χ3n) is 3.85. The topological polar surface area (TPSA) is 93.2 Å². The second-order valence-corrected chi connectivity index (χ2v) is 6.29. The van der Waals surface area contributed by atoms with Crippen molar-refractivity contribution in [3.63, 3.8) is 0 Å². The molecule has 3 aromatic rings. The van der Waals surface area contributed by atoms with Crippen LogP contribution in [0, 0.1) is 0 Å². The molecule has 2 N–H and O–H groups in total. The van der Waals surface area contributed by atoms with Crippen LogP contribution in [0.25, 0.3) is 0 Å². The minimum atomic E-state index is -0.398. The van der Waals surface area contributed by atoms with Crippen LogP contribution in [0.5, 0.6) is 5.75 Å². The number of hydrogen-bond acceptors (Lipinski definition) is 6. The number of halogens is 1. The van der Waals surface area contributed by atoms with Gasteiger partial charge in [-0.3, -0.25) is 9.59 Å². The van der Waals surface area contributed by atoms with E-state index < -0.39 is 5.91 Å². The van der Waals surface area contributed by atoms with Gasteiger partial charge in [-0.1, -0.05) is 23.7 Å². The normalized spacial score (nSPS) is 10.2. The van der Waals surface area contributed by atoms with Gasteiger partial charge >= 0.3 is 0 Å². The average molecular weight is 397 g/mol. The van der Waals surface area contributed by atoms with E-state index in [1.165, 1.54) is 26.4 Å². The van der Waals surface area contributed by atoms with Gasteiger partial charge in [-0.05, 0) is 37.3 Å². The monoisotopic (exact) mass is 396 g/mol. The molecule has 0 aliphatic carbocycles. The van der Waals surface area contributed by atoms with Crippen molar-refractivity contribution in [3.05, 3.63) is 71.0 Å². The molecular weight excluding hydrogens is 380 g/mol. The number of ketones is 1. The zero-order valence-corrected chi connectivity index (χ0v) is 15.9. The van der Waals surface area contributed by atoms with Gasteiger partial charge in [0.1, 0.15) is 5.75 Å². The zero-order chi connectivity index (χ0) is 20.1. The van der Waals surface area contributed by atoms with Crippen LogP contribution in [0.15, 0.2) is 54.9 Å². The van der Waals surface area contributed by atoms with Crippen LogP contribution in [0.2, 0.25) is 5.02 Å². The fraction of sp³-hybridized carbons (Fsp3) is 0.100. The molecule has 0 saturated heterocycles. The number of ether oxygens (including phenoxy) is 1. The third-order valence-corrected chi connectivity index (χ3v) is 4.08. The summed E-state index contributed by atoms with van der Waals surface area (Å²) in [5.41, 5.74) is 1.97. The summed E-state index contributed by atoms with van der Waals surface area (Å²) in [5, 5.41) is 6.19. The highest BCUT2D eigenvalue weighted by atomic mass is 35.5. The van der Waals surface area contributed by atoms with Crippen LogP contribution in [0.1, 0.15) is 27.6 Å². The summed E-state index contributed by atoms with van der Waals surface area (Å²) in [5.74, 6) is 0.360. The van der Waals surface area contributed by atoms with Crippen molar-refractivity contribution in [2.24, 2.45) is 0 Å². The van der Waals surface area contributed by atoms with Crippen molar-refractivity contribution < 1.29 is 14.3 Å². The second kappa shape index (κ2) is 8.49. The average Bonchev–Trinajstić information content (AvgIpc) is 2.69. The van der Waals surface area contributed by atoms with E-state index >= 15 is 0 Å². The fourth-order valence-electron chi connectivity index (χ4n) is 2.43. The Labute approximate surface area is 166 Å². The summed E-state index contributed by atoms with van der Waals surface area (Å²) in [4.78, 5) is 32.2. The number of anilines is 3. The number of carbonyl (C=O) groups is 2. The number of rotatable bonds is 6. The molecule has 142 valence electrons. The van der Waals surface area contributed by atoms with Gasteiger partial charge in [0.15, 0.2) is 5.78 Å². The minimum Gasteiger partial charge on any atom is -0.495 e. The summed E-state index contributed by atoms with van der Waals surface area (Å²) in [7, 11) is 1.50. The first-order valence-corrected chi connectivity index (χ1v) is 8.69. The summed E-state index contributed by atoms with van der Waals surface area (Å²) in [6, 6.07) is 11.9. The molecule has 0 unspecified atom stereocenters. The summed E-state index contributed by atoms with van der Waals surface area (Å²) >= 11 is 5.97. The first kappa shape index (κ1) is 19.3. The van der Waals surface area contributed by atoms with Crippen LogP contribution in [0.3, 0.4) is 0 Å². The Morgan fingerprint density at radius 2 is 1.79 bits per heavy atom. The number of benzene rings is 2. The second-order valence-electron chi connectivity index (χ2n) is 5.86. The van der Waals surface area contributed by atoms with Gasteiger partial charge in [0.2, 0.25) is 5.95 Å². The van der Waals surface area contributed by atoms with Crippen molar-refractivity contribution in [2.45, 2.75) is 6.92 Å². The van der Waals surface area contributed by atoms with E-state index in [1.807, 2.05) is 0 Å². The molecule has 0 fully saturated rings. The smallest absolute Gasteiger partial charge is 0.258 e. The van der Waals surface area contributed by atoms with E-state index in [0.717, 1.165) is 0 Å². The quantitative estimate of drug-likeness (QED) is 0.602. The van der Waals surface area contributed by atoms with Crippen molar-refractivity contribution in [1.29, 1.82) is 0 Å². The van der Waals surface area contributed by atoms with Crippen LogP contribution in [-0.2, 0) is 0 Å². The van der Waals surface area contributed by atoms with Crippen molar-refractivity contribution in [2.75, 3.05) is 17.7 Å². The highest BCUT2D eigenvalue weighted by molar-refractivity contribution is 6.31. The molecule has 7 nitrogen and oxygen atoms in total. The lowest BCUT2D eigenvalue weighted by atomic mass is 10.1. The van der Waals surface area contributed by atoms with Crippen LogP contribution in [-0.4, -0.2) is 28.8 Å². The Hall–Kier alpha value is -3.45. The fourth-order valence-corrected chi connectivity index (χ4v) is 2.60. The van der Waals surface area contributed by atoms with E-state index in [9.17, 15) is 9.59 Å². The zero-order valence-electron chi connectivity index (χ0n) is 15.2. The van der Waals surface area contributed by atoms with E-state index in [4.69, 9.17) is 16.3 Å². The van der Waals surface area contributed by atoms with Crippen molar-refractivity contribution in [3.8, 4) is 5.75 Å². The van der Waals surface area contributed by atoms with Gasteiger partial charge in [-0.15, -0.1) is 0 Å². The number of aromatic nitrogens is 2. The maximum atomic E-state index is 12.4. The Balaban J connectivity index is 1.72. The van der Waals surface area contributed by atoms with E-state index in [2.05, 4.69) is 20.6 Å². The summed E-state index contributed by atoms with van der Waals surface area (Å²) in [6.07, 6.45) is 2.80. The number of carbonyl (C=O) groups excluding carboxylic acids is 2. The van der Waals surface area contributed by atoms with E-state index in [0.29, 0.717) is 33.7 Å². The molecular formula is C20H17ClN4O3. The molecule has 0 atom stereocenters. The molecule has 1 heterocycles. The first-order chi connectivity index (χ1) is 13.5. The molecule has 28 heavy (non-hydrogen) atoms. The number of amides is 1. The Morgan fingerprint density at radius 1 is 1.04 bits per heavy atom. The Bertz CT molecular complexity index is 1020. The number of hydrogen-bond donors (Lipinski definition) is 2. The van der Waals surface area contributed by atoms with E-state index in [1.54, 1.807) is 42.5 Å². The van der Waals surface area contributed by atoms with Crippen molar-refractivity contribution >= 4 is 40.6 Å². The molecule has 0 radical (unpaired) electrons. The van der Waals surface area contributed by atoms with Crippen LogP contribution >= 0.6 is 11.6 Å². The van der Waals surface area contributed by atoms with Gasteiger partial charge in [0.25, 0.3) is 5.91 Å². The highest BCUT2D eigenvalue weighted by Crippen LogP contribution is 2.28. The molecule has 3 rings (SSSR count). The van der Waals surface area contributed by atoms with Gasteiger partial charge in [0, 0.05) is 28.7 Å². The lowest BCUT2D eigenvalue weighted by molar-refractivity contribution is 0.101. The molecule has 0 spiro atoms. The standard InChI is InChI=1S/C20H17ClN4O3/c1-12(26)13-4-3-5-16(8-13)24-20-22-10-14(11-23-20)19(27)25-17-9-15(21)6-7-18(17)28-2/h3-11H,1-2H3,(H,25,27)(H,22,23,24). The predicted octanol–water partition coefficient (Wildman–Crippen LogP) is 4.34. The Kier molecular flexibility index (Phi) is 5.86. The number of methoxy groups -OCH3 is 1. The maximum absolute atomic E-state index is 12.4. The van der Waals surface area contributed by atoms with Gasteiger partial charge < -0.3 is 15.4 Å². The lowest BCUT2D eigenvalue weighted by Crippen LogP contribution is -2.13. The highest BCUT2D eigenvalue weighted by Gasteiger charge is 2.12. The van der Waals surface area contributed by atoms with Gasteiger partial charge in [-0.2, -0.15) is 0 Å². The SMILES string of the molecule is COc1ccc(Cl)cc1NC(=O)c1cnc(Nc2cccc(C(C)=O)c2)nc1. The third kappa shape index (κ3) is 4.63. The lowest BCUT2D eigenvalue weighted by Gasteiger charge is -2.11. The minimum absolute atomic E-state index is 0.0342. The number of nitrogens with one attached hydrogen (secondary N) is 2. The summed E-state index contributed by atoms with van der Waals surface area (Å²) < 4.78 is 5.21. The van der Waals surface area contributed by atoms with Gasteiger partial charge in [0.05, 0.1) is 18.4 Å². The molecule has 0 bridgehead atoms. The largest absolute Gasteiger partial charge is 0.495 e. The maximum Gasteiger partial charge on any atom is 0.258 e. The number of Topliss-reactive ketones (excluding diaryl/α,β-unsaturated/α-hetero) is 1. The molecule has 1 aromatic heterocycles. The molecule has 0 aliphatic rings. The predicted molar refractivity (Wildman–Crippen MR) is 108 cm³/mol. The number of nitrogens with zero attached hydrogens (tertiary/aromatic N) is 2. The van der Waals surface area contributed by atoms with E-state index in [-0.39, 0.29) is 11.3 Å². The van der Waals surface area contributed by atoms with Gasteiger partial charge in [-0.25, -0.2) is 9.97 Å². The molecule has 2 aromatic carbocycles. The molecule has 8 heteroatoms. The molecule has 1 amide bonds. The van der Waals surface area contributed by atoms with Crippen LogP contribution in [0.4, 0.5) is 17.3 Å². The van der Waals surface area contributed by atoms with Crippen molar-refractivity contribution in [1.82, 2.24) is 9.97 Å². The Morgan fingerprint density at radius 3 is 2.46 bits per heavy atom. The van der Waals surface area contributed by atoms with Crippen LogP contribution < -0.4 is 15.4 Å². The molecule has 0 saturated carbocycles. The molecule has 0 aliphatic heterocycles. The first-order valence-electron chi connectivity index (χ1n) is 8.31. The summed E-state index contributed by atoms with van der Waals surface area (Å²) in [6.45, 7) is 1.50.